The normalized spacial score (nSPS) is 22.6. The number of hydrogen-bond acceptors (Lipinski definition) is 1. The lowest BCUT2D eigenvalue weighted by Gasteiger charge is -2.37. The van der Waals surface area contributed by atoms with Gasteiger partial charge in [0.2, 0.25) is 0 Å². The third kappa shape index (κ3) is 1.73. The molecule has 0 radical (unpaired) electrons. The van der Waals surface area contributed by atoms with E-state index in [1.165, 1.54) is 23.3 Å². The summed E-state index contributed by atoms with van der Waals surface area (Å²) in [6.07, 6.45) is 1.05. The van der Waals surface area contributed by atoms with Gasteiger partial charge in [0, 0.05) is 6.54 Å². The van der Waals surface area contributed by atoms with Gasteiger partial charge in [0.1, 0.15) is 5.82 Å². The molecule has 92 valence electrons. The Morgan fingerprint density at radius 1 is 1.06 bits per heavy atom. The Morgan fingerprint density at radius 3 is 2.56 bits per heavy atom. The van der Waals surface area contributed by atoms with Crippen molar-refractivity contribution in [1.82, 2.24) is 5.32 Å². The monoisotopic (exact) mass is 241 g/mol. The van der Waals surface area contributed by atoms with Crippen LogP contribution in [0, 0.1) is 5.82 Å². The van der Waals surface area contributed by atoms with Gasteiger partial charge < -0.3 is 5.32 Å². The van der Waals surface area contributed by atoms with Crippen molar-refractivity contribution in [2.45, 2.75) is 18.9 Å². The molecule has 0 aromatic heterocycles. The lowest BCUT2D eigenvalue weighted by molar-refractivity contribution is 0.414. The molecule has 1 heterocycles. The Bertz CT molecular complexity index is 562. The molecule has 0 saturated heterocycles. The van der Waals surface area contributed by atoms with Crippen molar-refractivity contribution in [3.63, 3.8) is 0 Å². The van der Waals surface area contributed by atoms with Crippen LogP contribution in [0.5, 0.6) is 0 Å². The molecule has 1 N–H and O–H groups in total. The van der Waals surface area contributed by atoms with Crippen LogP contribution >= 0.6 is 0 Å². The minimum absolute atomic E-state index is 0.188. The summed E-state index contributed by atoms with van der Waals surface area (Å²) >= 11 is 0. The smallest absolute Gasteiger partial charge is 0.123 e. The number of halogens is 1. The maximum absolute atomic E-state index is 13.1. The molecule has 3 rings (SSSR count). The van der Waals surface area contributed by atoms with Gasteiger partial charge in [-0.05, 0) is 42.2 Å². The van der Waals surface area contributed by atoms with Crippen LogP contribution in [0.1, 0.15) is 23.6 Å². The second kappa shape index (κ2) is 4.21. The van der Waals surface area contributed by atoms with Crippen molar-refractivity contribution in [3.05, 3.63) is 71.0 Å². The van der Waals surface area contributed by atoms with Crippen molar-refractivity contribution < 1.29 is 4.39 Å². The molecule has 2 aromatic rings. The minimum atomic E-state index is -0.220. The first-order valence-electron chi connectivity index (χ1n) is 6.29. The van der Waals surface area contributed by atoms with Crippen LogP contribution in [0.25, 0.3) is 0 Å². The Hall–Kier alpha value is -1.67. The third-order valence-electron chi connectivity index (χ3n) is 3.85. The highest BCUT2D eigenvalue weighted by atomic mass is 19.1. The molecule has 2 aromatic carbocycles. The molecule has 0 bridgehead atoms. The van der Waals surface area contributed by atoms with E-state index in [2.05, 4.69) is 36.5 Å². The fourth-order valence-corrected chi connectivity index (χ4v) is 2.81. The summed E-state index contributed by atoms with van der Waals surface area (Å²) < 4.78 is 13.1. The third-order valence-corrected chi connectivity index (χ3v) is 3.85. The van der Waals surface area contributed by atoms with Crippen molar-refractivity contribution in [3.8, 4) is 0 Å². The van der Waals surface area contributed by atoms with Crippen LogP contribution in [0.2, 0.25) is 0 Å². The zero-order valence-electron chi connectivity index (χ0n) is 10.4. The molecule has 0 saturated carbocycles. The minimum Gasteiger partial charge on any atom is -0.304 e. The second-order valence-corrected chi connectivity index (χ2v) is 4.97. The SMILES string of the molecule is CC1(c2ccc(F)cc2)NCCc2ccccc21. The van der Waals surface area contributed by atoms with Crippen molar-refractivity contribution in [2.75, 3.05) is 6.54 Å². The fourth-order valence-electron chi connectivity index (χ4n) is 2.81. The van der Waals surface area contributed by atoms with E-state index in [1.807, 2.05) is 12.1 Å². The molecule has 18 heavy (non-hydrogen) atoms. The van der Waals surface area contributed by atoms with Gasteiger partial charge in [0.15, 0.2) is 0 Å². The summed E-state index contributed by atoms with van der Waals surface area (Å²) in [4.78, 5) is 0. The Kier molecular flexibility index (Phi) is 2.67. The van der Waals surface area contributed by atoms with Gasteiger partial charge in [-0.15, -0.1) is 0 Å². The Balaban J connectivity index is 2.13. The molecule has 2 heteroatoms. The number of nitrogens with one attached hydrogen (secondary N) is 1. The van der Waals surface area contributed by atoms with Crippen LogP contribution in [0.3, 0.4) is 0 Å². The van der Waals surface area contributed by atoms with Gasteiger partial charge >= 0.3 is 0 Å². The molecule has 0 spiro atoms. The number of fused-ring (bicyclic) bond motifs is 1. The van der Waals surface area contributed by atoms with Crippen LogP contribution in [0.15, 0.2) is 48.5 Å². The molecule has 1 aliphatic rings. The van der Waals surface area contributed by atoms with E-state index < -0.39 is 0 Å². The zero-order valence-corrected chi connectivity index (χ0v) is 10.4. The van der Waals surface area contributed by atoms with E-state index in [1.54, 1.807) is 0 Å². The first-order chi connectivity index (χ1) is 8.70. The first kappa shape index (κ1) is 11.4. The van der Waals surface area contributed by atoms with Crippen LogP contribution in [-0.2, 0) is 12.0 Å². The van der Waals surface area contributed by atoms with Gasteiger partial charge in [0.25, 0.3) is 0 Å². The van der Waals surface area contributed by atoms with E-state index in [-0.39, 0.29) is 11.4 Å². The van der Waals surface area contributed by atoms with E-state index in [0.29, 0.717) is 0 Å². The number of rotatable bonds is 1. The molecule has 0 aliphatic carbocycles. The fraction of sp³-hybridized carbons (Fsp3) is 0.250. The van der Waals surface area contributed by atoms with E-state index in [0.717, 1.165) is 18.5 Å². The molecule has 0 amide bonds. The molecule has 0 fully saturated rings. The summed E-state index contributed by atoms with van der Waals surface area (Å²) in [5, 5.41) is 3.56. The highest BCUT2D eigenvalue weighted by molar-refractivity contribution is 5.44. The van der Waals surface area contributed by atoms with Gasteiger partial charge in [-0.1, -0.05) is 36.4 Å². The second-order valence-electron chi connectivity index (χ2n) is 4.97. The van der Waals surface area contributed by atoms with Gasteiger partial charge in [0.05, 0.1) is 5.54 Å². The van der Waals surface area contributed by atoms with Crippen molar-refractivity contribution in [1.29, 1.82) is 0 Å². The summed E-state index contributed by atoms with van der Waals surface area (Å²) in [6.45, 7) is 3.11. The molecule has 1 unspecified atom stereocenters. The van der Waals surface area contributed by atoms with E-state index in [9.17, 15) is 4.39 Å². The van der Waals surface area contributed by atoms with Crippen LogP contribution < -0.4 is 5.32 Å². The predicted octanol–water partition coefficient (Wildman–Crippen LogP) is 3.23. The van der Waals surface area contributed by atoms with E-state index >= 15 is 0 Å². The topological polar surface area (TPSA) is 12.0 Å². The van der Waals surface area contributed by atoms with Crippen LogP contribution in [-0.4, -0.2) is 6.54 Å². The lowest BCUT2D eigenvalue weighted by Crippen LogP contribution is -2.45. The van der Waals surface area contributed by atoms with E-state index in [4.69, 9.17) is 0 Å². The van der Waals surface area contributed by atoms with Gasteiger partial charge in [-0.2, -0.15) is 0 Å². The molecular formula is C16H16FN. The predicted molar refractivity (Wildman–Crippen MR) is 71.0 cm³/mol. The highest BCUT2D eigenvalue weighted by Gasteiger charge is 2.32. The van der Waals surface area contributed by atoms with Crippen molar-refractivity contribution >= 4 is 0 Å². The summed E-state index contributed by atoms with van der Waals surface area (Å²) in [6, 6.07) is 15.3. The molecule has 1 aliphatic heterocycles. The highest BCUT2D eigenvalue weighted by Crippen LogP contribution is 2.34. The van der Waals surface area contributed by atoms with Crippen molar-refractivity contribution in [2.24, 2.45) is 0 Å². The van der Waals surface area contributed by atoms with Crippen LogP contribution in [0.4, 0.5) is 4.39 Å². The van der Waals surface area contributed by atoms with Gasteiger partial charge in [-0.25, -0.2) is 4.39 Å². The zero-order chi connectivity index (χ0) is 12.6. The number of hydrogen-bond donors (Lipinski definition) is 1. The maximum atomic E-state index is 13.1. The van der Waals surface area contributed by atoms with Gasteiger partial charge in [-0.3, -0.25) is 0 Å². The summed E-state index contributed by atoms with van der Waals surface area (Å²) in [7, 11) is 0. The molecule has 1 nitrogen and oxygen atoms in total. The summed E-state index contributed by atoms with van der Waals surface area (Å²) in [5.74, 6) is -0.188. The average molecular weight is 241 g/mol. The number of benzene rings is 2. The average Bonchev–Trinajstić information content (AvgIpc) is 2.40. The molecular weight excluding hydrogens is 225 g/mol. The lowest BCUT2D eigenvalue weighted by atomic mass is 9.79. The first-order valence-corrected chi connectivity index (χ1v) is 6.29. The quantitative estimate of drug-likeness (QED) is 0.808. The maximum Gasteiger partial charge on any atom is 0.123 e. The Labute approximate surface area is 107 Å². The Morgan fingerprint density at radius 2 is 1.78 bits per heavy atom. The molecule has 1 atom stereocenters. The summed E-state index contributed by atoms with van der Waals surface area (Å²) in [5.41, 5.74) is 3.56. The standard InChI is InChI=1S/C16H16FN/c1-16(13-6-8-14(17)9-7-13)15-5-3-2-4-12(15)10-11-18-16/h2-9,18H,10-11H2,1H3. The largest absolute Gasteiger partial charge is 0.304 e.